The average molecular weight is 206 g/mol. The van der Waals surface area contributed by atoms with E-state index in [0.717, 1.165) is 12.8 Å². The first-order valence-electron chi connectivity index (χ1n) is 5.17. The fraction of sp³-hybridized carbons (Fsp3) is 1.00. The van der Waals surface area contributed by atoms with Crippen molar-refractivity contribution in [3.8, 4) is 0 Å². The van der Waals surface area contributed by atoms with Crippen LogP contribution in [0.25, 0.3) is 0 Å². The van der Waals surface area contributed by atoms with Gasteiger partial charge in [0.05, 0.1) is 24.4 Å². The van der Waals surface area contributed by atoms with Gasteiger partial charge in [-0.2, -0.15) is 0 Å². The number of hydrogen-bond acceptors (Lipinski definition) is 4. The van der Waals surface area contributed by atoms with E-state index >= 15 is 0 Å². The van der Waals surface area contributed by atoms with Crippen molar-refractivity contribution < 1.29 is 20.4 Å². The molecule has 0 spiro atoms. The third kappa shape index (κ3) is 6.32. The largest absolute Gasteiger partial charge is 0.391 e. The molecule has 0 aromatic rings. The van der Waals surface area contributed by atoms with Gasteiger partial charge in [0.1, 0.15) is 0 Å². The lowest BCUT2D eigenvalue weighted by Crippen LogP contribution is -2.23. The molecule has 0 aromatic heterocycles. The monoisotopic (exact) mass is 206 g/mol. The topological polar surface area (TPSA) is 80.9 Å². The summed E-state index contributed by atoms with van der Waals surface area (Å²) in [7, 11) is 0. The lowest BCUT2D eigenvalue weighted by molar-refractivity contribution is 0.0159. The summed E-state index contributed by atoms with van der Waals surface area (Å²) in [6.45, 7) is 3.10. The van der Waals surface area contributed by atoms with Crippen LogP contribution < -0.4 is 0 Å². The van der Waals surface area contributed by atoms with Gasteiger partial charge in [-0.15, -0.1) is 0 Å². The second kappa shape index (κ2) is 7.17. The Labute approximate surface area is 85.2 Å². The standard InChI is InChI=1S/C10H22O4/c1-7(11)9(13)5-3-4-6-10(14)8(2)12/h7-14H,3-6H2,1-2H3. The normalized spacial score (nSPS) is 20.1. The molecular formula is C10H22O4. The lowest BCUT2D eigenvalue weighted by Gasteiger charge is -2.15. The number of hydrogen-bond donors (Lipinski definition) is 4. The van der Waals surface area contributed by atoms with E-state index in [1.54, 1.807) is 13.8 Å². The highest BCUT2D eigenvalue weighted by Crippen LogP contribution is 2.10. The third-order valence-electron chi connectivity index (χ3n) is 2.36. The molecule has 4 unspecified atom stereocenters. The fourth-order valence-electron chi connectivity index (χ4n) is 1.19. The molecule has 0 aliphatic heterocycles. The van der Waals surface area contributed by atoms with Crippen LogP contribution in [0.1, 0.15) is 39.5 Å². The first-order chi connectivity index (χ1) is 6.45. The maximum Gasteiger partial charge on any atom is 0.0796 e. The van der Waals surface area contributed by atoms with E-state index in [1.165, 1.54) is 0 Å². The van der Waals surface area contributed by atoms with Gasteiger partial charge >= 0.3 is 0 Å². The van der Waals surface area contributed by atoms with Crippen molar-refractivity contribution >= 4 is 0 Å². The Morgan fingerprint density at radius 3 is 1.21 bits per heavy atom. The molecule has 0 aromatic carbocycles. The molecule has 0 bridgehead atoms. The zero-order valence-corrected chi connectivity index (χ0v) is 8.93. The molecule has 0 amide bonds. The van der Waals surface area contributed by atoms with Crippen LogP contribution in [0.5, 0.6) is 0 Å². The van der Waals surface area contributed by atoms with Gasteiger partial charge < -0.3 is 20.4 Å². The third-order valence-corrected chi connectivity index (χ3v) is 2.36. The van der Waals surface area contributed by atoms with E-state index in [2.05, 4.69) is 0 Å². The second-order valence-electron chi connectivity index (χ2n) is 3.90. The molecule has 0 saturated carbocycles. The summed E-state index contributed by atoms with van der Waals surface area (Å²) in [5.74, 6) is 0. The molecule has 0 radical (unpaired) electrons. The quantitative estimate of drug-likeness (QED) is 0.443. The number of rotatable bonds is 7. The van der Waals surface area contributed by atoms with Gasteiger partial charge in [-0.25, -0.2) is 0 Å². The summed E-state index contributed by atoms with van der Waals surface area (Å²) in [6.07, 6.45) is -0.203. The van der Waals surface area contributed by atoms with E-state index in [1.807, 2.05) is 0 Å². The summed E-state index contributed by atoms with van der Waals surface area (Å²) in [6, 6.07) is 0. The first kappa shape index (κ1) is 13.8. The van der Waals surface area contributed by atoms with Crippen LogP contribution in [0, 0.1) is 0 Å². The Bertz CT molecular complexity index is 120. The minimum atomic E-state index is -0.698. The highest BCUT2D eigenvalue weighted by molar-refractivity contribution is 4.65. The highest BCUT2D eigenvalue weighted by atomic mass is 16.3. The van der Waals surface area contributed by atoms with Crippen molar-refractivity contribution in [2.24, 2.45) is 0 Å². The molecule has 4 heteroatoms. The Morgan fingerprint density at radius 2 is 1.00 bits per heavy atom. The molecule has 4 nitrogen and oxygen atoms in total. The van der Waals surface area contributed by atoms with Crippen LogP contribution in [-0.4, -0.2) is 44.8 Å². The van der Waals surface area contributed by atoms with E-state index in [4.69, 9.17) is 10.2 Å². The Morgan fingerprint density at radius 1 is 0.714 bits per heavy atom. The van der Waals surface area contributed by atoms with Crippen LogP contribution >= 0.6 is 0 Å². The Hall–Kier alpha value is -0.160. The van der Waals surface area contributed by atoms with Crippen molar-refractivity contribution in [3.63, 3.8) is 0 Å². The molecule has 0 rings (SSSR count). The van der Waals surface area contributed by atoms with Crippen molar-refractivity contribution in [2.45, 2.75) is 63.9 Å². The first-order valence-corrected chi connectivity index (χ1v) is 5.17. The van der Waals surface area contributed by atoms with E-state index in [-0.39, 0.29) is 0 Å². The molecule has 0 saturated heterocycles. The van der Waals surface area contributed by atoms with Gasteiger partial charge in [0, 0.05) is 0 Å². The maximum atomic E-state index is 9.24. The fourth-order valence-corrected chi connectivity index (χ4v) is 1.19. The van der Waals surface area contributed by atoms with Gasteiger partial charge in [-0.1, -0.05) is 12.8 Å². The molecule has 86 valence electrons. The summed E-state index contributed by atoms with van der Waals surface area (Å²) in [4.78, 5) is 0. The SMILES string of the molecule is CC(O)C(O)CCCCC(O)C(C)O. The van der Waals surface area contributed by atoms with Crippen LogP contribution in [0.15, 0.2) is 0 Å². The summed E-state index contributed by atoms with van der Waals surface area (Å²) < 4.78 is 0. The predicted molar refractivity (Wildman–Crippen MR) is 53.8 cm³/mol. The van der Waals surface area contributed by atoms with E-state index < -0.39 is 24.4 Å². The molecule has 0 aliphatic rings. The van der Waals surface area contributed by atoms with Gasteiger partial charge in [-0.3, -0.25) is 0 Å². The van der Waals surface area contributed by atoms with Crippen molar-refractivity contribution in [1.82, 2.24) is 0 Å². The molecule has 0 aliphatic carbocycles. The van der Waals surface area contributed by atoms with Gasteiger partial charge in [0.15, 0.2) is 0 Å². The number of unbranched alkanes of at least 4 members (excludes halogenated alkanes) is 1. The number of aliphatic hydroxyl groups excluding tert-OH is 4. The number of aliphatic hydroxyl groups is 4. The zero-order valence-electron chi connectivity index (χ0n) is 8.93. The minimum absolute atomic E-state index is 0.532. The Kier molecular flexibility index (Phi) is 7.09. The van der Waals surface area contributed by atoms with Crippen molar-refractivity contribution in [1.29, 1.82) is 0 Å². The predicted octanol–water partition coefficient (Wildman–Crippen LogP) is 0.0302. The Balaban J connectivity index is 3.38. The molecular weight excluding hydrogens is 184 g/mol. The van der Waals surface area contributed by atoms with Crippen LogP contribution in [0.3, 0.4) is 0 Å². The summed E-state index contributed by atoms with van der Waals surface area (Å²) >= 11 is 0. The minimum Gasteiger partial charge on any atom is -0.391 e. The second-order valence-corrected chi connectivity index (χ2v) is 3.90. The summed E-state index contributed by atoms with van der Waals surface area (Å²) in [5.41, 5.74) is 0. The highest BCUT2D eigenvalue weighted by Gasteiger charge is 2.12. The van der Waals surface area contributed by atoms with Crippen molar-refractivity contribution in [2.75, 3.05) is 0 Å². The maximum absolute atomic E-state index is 9.24. The molecule has 4 atom stereocenters. The smallest absolute Gasteiger partial charge is 0.0796 e. The summed E-state index contributed by atoms with van der Waals surface area (Å²) in [5, 5.41) is 36.4. The van der Waals surface area contributed by atoms with Gasteiger partial charge in [0.25, 0.3) is 0 Å². The van der Waals surface area contributed by atoms with Gasteiger partial charge in [0.2, 0.25) is 0 Å². The van der Waals surface area contributed by atoms with Gasteiger partial charge in [-0.05, 0) is 26.7 Å². The zero-order chi connectivity index (χ0) is 11.1. The van der Waals surface area contributed by atoms with E-state index in [0.29, 0.717) is 12.8 Å². The van der Waals surface area contributed by atoms with E-state index in [9.17, 15) is 10.2 Å². The molecule has 0 fully saturated rings. The van der Waals surface area contributed by atoms with Crippen LogP contribution in [-0.2, 0) is 0 Å². The van der Waals surface area contributed by atoms with Crippen molar-refractivity contribution in [3.05, 3.63) is 0 Å². The molecule has 14 heavy (non-hydrogen) atoms. The lowest BCUT2D eigenvalue weighted by atomic mass is 10.0. The molecule has 0 heterocycles. The molecule has 4 N–H and O–H groups in total. The average Bonchev–Trinajstić information content (AvgIpc) is 2.11. The van der Waals surface area contributed by atoms with Crippen LogP contribution in [0.4, 0.5) is 0 Å². The van der Waals surface area contributed by atoms with Crippen LogP contribution in [0.2, 0.25) is 0 Å².